The molecule has 0 radical (unpaired) electrons. The minimum absolute atomic E-state index is 0.147. The molecule has 1 amide bonds. The molecule has 4 heterocycles. The first-order valence-electron chi connectivity index (χ1n) is 7.85. The maximum atomic E-state index is 12.4. The van der Waals surface area contributed by atoms with Crippen molar-refractivity contribution in [1.82, 2.24) is 14.9 Å². The number of nitrogens with zero attached hydrogens (tertiary/aromatic N) is 2. The summed E-state index contributed by atoms with van der Waals surface area (Å²) in [4.78, 5) is 21.8. The third-order valence-electron chi connectivity index (χ3n) is 4.52. The van der Waals surface area contributed by atoms with Crippen molar-refractivity contribution in [3.05, 3.63) is 36.2 Å². The first-order chi connectivity index (χ1) is 10.8. The Hall–Kier alpha value is -2.14. The van der Waals surface area contributed by atoms with Crippen molar-refractivity contribution >= 4 is 22.5 Å². The lowest BCUT2D eigenvalue weighted by Gasteiger charge is -2.28. The molecule has 1 saturated heterocycles. The number of amides is 1. The van der Waals surface area contributed by atoms with E-state index in [2.05, 4.69) is 22.1 Å². The number of aromatic nitrogens is 2. The van der Waals surface area contributed by atoms with E-state index in [0.717, 1.165) is 36.8 Å². The van der Waals surface area contributed by atoms with Crippen molar-refractivity contribution in [2.75, 3.05) is 19.7 Å². The first kappa shape index (κ1) is 13.5. The van der Waals surface area contributed by atoms with Crippen LogP contribution in [0.2, 0.25) is 0 Å². The number of hydrogen-bond donors (Lipinski definition) is 1. The van der Waals surface area contributed by atoms with Crippen LogP contribution in [0.15, 0.2) is 30.6 Å². The number of nitrogens with one attached hydrogen (secondary N) is 1. The van der Waals surface area contributed by atoms with Crippen LogP contribution >= 0.6 is 0 Å². The van der Waals surface area contributed by atoms with Gasteiger partial charge in [0.15, 0.2) is 0 Å². The van der Waals surface area contributed by atoms with Crippen LogP contribution in [0.3, 0.4) is 0 Å². The molecule has 2 aromatic rings. The smallest absolute Gasteiger partial charge is 0.251 e. The molecule has 0 unspecified atom stereocenters. The number of ether oxygens (including phenoxy) is 1. The summed E-state index contributed by atoms with van der Waals surface area (Å²) in [5, 5.41) is 1.15. The summed E-state index contributed by atoms with van der Waals surface area (Å²) in [6.07, 6.45) is 8.48. The van der Waals surface area contributed by atoms with Gasteiger partial charge in [0.1, 0.15) is 11.8 Å². The predicted octanol–water partition coefficient (Wildman–Crippen LogP) is 2.36. The first-order valence-corrected chi connectivity index (χ1v) is 7.85. The average molecular weight is 297 g/mol. The van der Waals surface area contributed by atoms with Gasteiger partial charge in [-0.25, -0.2) is 4.98 Å². The molecule has 0 spiro atoms. The maximum Gasteiger partial charge on any atom is 0.251 e. The van der Waals surface area contributed by atoms with Gasteiger partial charge < -0.3 is 14.6 Å². The Morgan fingerprint density at radius 1 is 1.45 bits per heavy atom. The predicted molar refractivity (Wildman–Crippen MR) is 84.2 cm³/mol. The second-order valence-corrected chi connectivity index (χ2v) is 5.87. The summed E-state index contributed by atoms with van der Waals surface area (Å²) < 4.78 is 5.50. The number of carbonyl (C=O) groups excluding carboxylic acids is 1. The molecular formula is C17H19N3O2. The van der Waals surface area contributed by atoms with Gasteiger partial charge in [0.2, 0.25) is 0 Å². The Kier molecular flexibility index (Phi) is 3.42. The summed E-state index contributed by atoms with van der Waals surface area (Å²) in [6.45, 7) is 2.14. The largest absolute Gasteiger partial charge is 0.368 e. The molecule has 22 heavy (non-hydrogen) atoms. The Balaban J connectivity index is 1.52. The van der Waals surface area contributed by atoms with Crippen LogP contribution in [-0.4, -0.2) is 46.6 Å². The quantitative estimate of drug-likeness (QED) is 0.925. The van der Waals surface area contributed by atoms with Crippen molar-refractivity contribution in [1.29, 1.82) is 0 Å². The third-order valence-corrected chi connectivity index (χ3v) is 4.52. The van der Waals surface area contributed by atoms with Gasteiger partial charge in [-0.1, -0.05) is 6.08 Å². The summed E-state index contributed by atoms with van der Waals surface area (Å²) in [7, 11) is 0. The highest BCUT2D eigenvalue weighted by Gasteiger charge is 2.29. The fourth-order valence-electron chi connectivity index (χ4n) is 3.31. The molecule has 5 heteroatoms. The number of rotatable bonds is 2. The van der Waals surface area contributed by atoms with Crippen LogP contribution in [0.1, 0.15) is 24.8 Å². The lowest BCUT2D eigenvalue weighted by molar-refractivity contribution is -0.140. The second-order valence-electron chi connectivity index (χ2n) is 5.87. The number of hydrogen-bond acceptors (Lipinski definition) is 3. The molecule has 4 rings (SSSR count). The van der Waals surface area contributed by atoms with Gasteiger partial charge >= 0.3 is 0 Å². The van der Waals surface area contributed by atoms with E-state index in [1.54, 1.807) is 6.20 Å². The number of carbonyl (C=O) groups is 1. The molecule has 5 nitrogen and oxygen atoms in total. The zero-order valence-electron chi connectivity index (χ0n) is 12.4. The van der Waals surface area contributed by atoms with E-state index in [1.165, 1.54) is 11.1 Å². The van der Waals surface area contributed by atoms with Gasteiger partial charge in [-0.05, 0) is 37.0 Å². The molecule has 2 aromatic heterocycles. The highest BCUT2D eigenvalue weighted by Crippen LogP contribution is 2.29. The van der Waals surface area contributed by atoms with Gasteiger partial charge in [-0.2, -0.15) is 0 Å². The van der Waals surface area contributed by atoms with Crippen LogP contribution < -0.4 is 0 Å². The number of pyridine rings is 1. The Bertz CT molecular complexity index is 728. The fourth-order valence-corrected chi connectivity index (χ4v) is 3.31. The van der Waals surface area contributed by atoms with Crippen LogP contribution in [-0.2, 0) is 9.53 Å². The molecule has 1 fully saturated rings. The molecule has 2 aliphatic heterocycles. The van der Waals surface area contributed by atoms with Gasteiger partial charge in [-0.3, -0.25) is 4.79 Å². The fraction of sp³-hybridized carbons (Fsp3) is 0.412. The monoisotopic (exact) mass is 297 g/mol. The summed E-state index contributed by atoms with van der Waals surface area (Å²) in [5.41, 5.74) is 3.40. The summed E-state index contributed by atoms with van der Waals surface area (Å²) >= 11 is 0. The van der Waals surface area contributed by atoms with Crippen molar-refractivity contribution in [3.63, 3.8) is 0 Å². The molecule has 1 N–H and O–H groups in total. The van der Waals surface area contributed by atoms with Crippen molar-refractivity contribution in [3.8, 4) is 0 Å². The number of H-pyrrole nitrogens is 1. The van der Waals surface area contributed by atoms with Gasteiger partial charge in [0.25, 0.3) is 5.91 Å². The molecule has 0 aliphatic carbocycles. The zero-order valence-corrected chi connectivity index (χ0v) is 12.4. The Morgan fingerprint density at radius 3 is 3.18 bits per heavy atom. The van der Waals surface area contributed by atoms with E-state index in [-0.39, 0.29) is 12.0 Å². The van der Waals surface area contributed by atoms with E-state index >= 15 is 0 Å². The van der Waals surface area contributed by atoms with Gasteiger partial charge in [0.05, 0.1) is 0 Å². The SMILES string of the molecule is O=C([C@@H]1CCCO1)N1CC=C(c2c[nH]c3ncccc23)CC1. The lowest BCUT2D eigenvalue weighted by Crippen LogP contribution is -2.41. The van der Waals surface area contributed by atoms with Crippen molar-refractivity contribution < 1.29 is 9.53 Å². The van der Waals surface area contributed by atoms with Crippen LogP contribution in [0, 0.1) is 0 Å². The molecule has 2 aliphatic rings. The van der Waals surface area contributed by atoms with Gasteiger partial charge in [-0.15, -0.1) is 0 Å². The van der Waals surface area contributed by atoms with Crippen LogP contribution in [0.5, 0.6) is 0 Å². The summed E-state index contributed by atoms with van der Waals surface area (Å²) in [5.74, 6) is 0.147. The molecule has 0 saturated carbocycles. The molecule has 0 bridgehead atoms. The zero-order chi connectivity index (χ0) is 14.9. The minimum atomic E-state index is -0.216. The Morgan fingerprint density at radius 2 is 2.41 bits per heavy atom. The van der Waals surface area contributed by atoms with Crippen molar-refractivity contribution in [2.45, 2.75) is 25.4 Å². The second kappa shape index (κ2) is 5.57. The van der Waals surface area contributed by atoms with Crippen LogP contribution in [0.4, 0.5) is 0 Å². The Labute approximate surface area is 129 Å². The molecule has 0 aromatic carbocycles. The number of fused-ring (bicyclic) bond motifs is 1. The molecule has 114 valence electrons. The standard InChI is InChI=1S/C17H19N3O2/c21-17(15-4-2-10-22-15)20-8-5-12(6-9-20)14-11-19-16-13(14)3-1-7-18-16/h1,3,5,7,11,15H,2,4,6,8-10H2,(H,18,19)/t15-/m0/s1. The van der Waals surface area contributed by atoms with E-state index in [0.29, 0.717) is 13.2 Å². The van der Waals surface area contributed by atoms with E-state index in [1.807, 2.05) is 17.2 Å². The maximum absolute atomic E-state index is 12.4. The average Bonchev–Trinajstić information content (AvgIpc) is 3.24. The van der Waals surface area contributed by atoms with E-state index in [4.69, 9.17) is 4.74 Å². The third kappa shape index (κ3) is 2.31. The highest BCUT2D eigenvalue weighted by molar-refractivity contribution is 5.91. The van der Waals surface area contributed by atoms with Crippen molar-refractivity contribution in [2.24, 2.45) is 0 Å². The topological polar surface area (TPSA) is 58.2 Å². The van der Waals surface area contributed by atoms with E-state index in [9.17, 15) is 4.79 Å². The number of aromatic amines is 1. The highest BCUT2D eigenvalue weighted by atomic mass is 16.5. The molecular weight excluding hydrogens is 278 g/mol. The summed E-state index contributed by atoms with van der Waals surface area (Å²) in [6, 6.07) is 4.04. The molecule has 1 atom stereocenters. The van der Waals surface area contributed by atoms with E-state index < -0.39 is 0 Å². The normalized spacial score (nSPS) is 22.1. The minimum Gasteiger partial charge on any atom is -0.368 e. The van der Waals surface area contributed by atoms with Crippen LogP contribution in [0.25, 0.3) is 16.6 Å². The lowest BCUT2D eigenvalue weighted by atomic mass is 9.99. The van der Waals surface area contributed by atoms with Gasteiger partial charge in [0, 0.05) is 43.0 Å².